The summed E-state index contributed by atoms with van der Waals surface area (Å²) in [4.78, 5) is 10.8. The van der Waals surface area contributed by atoms with E-state index in [2.05, 4.69) is 5.10 Å². The van der Waals surface area contributed by atoms with Crippen molar-refractivity contribution in [2.75, 3.05) is 0 Å². The second-order valence-electron chi connectivity index (χ2n) is 4.39. The molecule has 0 atom stereocenters. The van der Waals surface area contributed by atoms with Gasteiger partial charge in [-0.15, -0.1) is 0 Å². The number of hydrogen-bond acceptors (Lipinski definition) is 2. The van der Waals surface area contributed by atoms with E-state index in [0.717, 1.165) is 5.56 Å². The third-order valence-corrected chi connectivity index (χ3v) is 2.62. The molecule has 0 saturated carbocycles. The Balaban J connectivity index is 2.14. The minimum Gasteiger partial charge on any atom is -0.369 e. The fourth-order valence-corrected chi connectivity index (χ4v) is 1.79. The molecule has 1 amide bonds. The van der Waals surface area contributed by atoms with Crippen molar-refractivity contribution in [3.8, 4) is 5.69 Å². The average Bonchev–Trinajstić information content (AvgIpc) is 2.75. The quantitative estimate of drug-likeness (QED) is 0.933. The first kappa shape index (κ1) is 14.1. The largest absolute Gasteiger partial charge is 0.393 e. The number of alkyl halides is 3. The monoisotopic (exact) mass is 283 g/mol. The first-order chi connectivity index (χ1) is 9.33. The lowest BCUT2D eigenvalue weighted by Gasteiger charge is -2.04. The number of aromatic nitrogens is 2. The maximum Gasteiger partial charge on any atom is 0.393 e. The zero-order valence-corrected chi connectivity index (χ0v) is 10.4. The minimum atomic E-state index is -4.25. The van der Waals surface area contributed by atoms with Crippen LogP contribution in [-0.2, 0) is 17.6 Å². The highest BCUT2D eigenvalue weighted by atomic mass is 19.4. The number of carbonyl (C=O) groups is 1. The Morgan fingerprint density at radius 3 is 2.40 bits per heavy atom. The van der Waals surface area contributed by atoms with E-state index in [9.17, 15) is 18.0 Å². The Hall–Kier alpha value is -2.31. The van der Waals surface area contributed by atoms with Crippen LogP contribution in [0.5, 0.6) is 0 Å². The molecule has 1 aromatic heterocycles. The molecule has 0 saturated heterocycles. The van der Waals surface area contributed by atoms with Crippen molar-refractivity contribution in [3.63, 3.8) is 0 Å². The summed E-state index contributed by atoms with van der Waals surface area (Å²) in [6.07, 6.45) is -2.62. The van der Waals surface area contributed by atoms with Crippen LogP contribution >= 0.6 is 0 Å². The molecule has 2 aromatic rings. The molecule has 2 N–H and O–H groups in total. The normalized spacial score (nSPS) is 11.6. The highest BCUT2D eigenvalue weighted by Crippen LogP contribution is 2.21. The summed E-state index contributed by atoms with van der Waals surface area (Å²) in [5.74, 6) is -0.440. The van der Waals surface area contributed by atoms with Crippen LogP contribution < -0.4 is 5.73 Å². The fourth-order valence-electron chi connectivity index (χ4n) is 1.79. The van der Waals surface area contributed by atoms with Crippen LogP contribution in [0.1, 0.15) is 11.1 Å². The van der Waals surface area contributed by atoms with Crippen molar-refractivity contribution in [1.82, 2.24) is 9.78 Å². The highest BCUT2D eigenvalue weighted by Gasteiger charge is 2.28. The lowest BCUT2D eigenvalue weighted by atomic mass is 10.1. The van der Waals surface area contributed by atoms with Crippen molar-refractivity contribution in [3.05, 3.63) is 47.8 Å². The van der Waals surface area contributed by atoms with Gasteiger partial charge in [0.1, 0.15) is 0 Å². The van der Waals surface area contributed by atoms with Gasteiger partial charge >= 0.3 is 6.18 Å². The number of nitrogens with two attached hydrogens (primary N) is 1. The summed E-state index contributed by atoms with van der Waals surface area (Å²) in [6.45, 7) is 0. The zero-order chi connectivity index (χ0) is 14.8. The number of hydrogen-bond donors (Lipinski definition) is 1. The van der Waals surface area contributed by atoms with Crippen molar-refractivity contribution < 1.29 is 18.0 Å². The van der Waals surface area contributed by atoms with Crippen LogP contribution in [0.15, 0.2) is 36.7 Å². The molecule has 20 heavy (non-hydrogen) atoms. The van der Waals surface area contributed by atoms with Gasteiger partial charge in [-0.3, -0.25) is 4.79 Å². The van der Waals surface area contributed by atoms with Crippen molar-refractivity contribution in [2.24, 2.45) is 5.73 Å². The van der Waals surface area contributed by atoms with E-state index in [4.69, 9.17) is 5.73 Å². The van der Waals surface area contributed by atoms with Crippen LogP contribution in [0.3, 0.4) is 0 Å². The molecular formula is C13H12F3N3O. The van der Waals surface area contributed by atoms with Gasteiger partial charge in [0, 0.05) is 6.20 Å². The second-order valence-corrected chi connectivity index (χ2v) is 4.39. The molecule has 0 unspecified atom stereocenters. The smallest absolute Gasteiger partial charge is 0.369 e. The number of halogens is 3. The van der Waals surface area contributed by atoms with Crippen LogP contribution in [0.2, 0.25) is 0 Å². The standard InChI is InChI=1S/C13H12F3N3O/c14-13(15,16)6-10-7-18-19(8-10)11-3-1-9(2-4-11)5-12(17)20/h1-4,7-8H,5-6H2,(H2,17,20). The third-order valence-electron chi connectivity index (χ3n) is 2.62. The lowest BCUT2D eigenvalue weighted by Crippen LogP contribution is -2.13. The predicted molar refractivity (Wildman–Crippen MR) is 66.2 cm³/mol. The molecule has 0 fully saturated rings. The molecule has 0 spiro atoms. The van der Waals surface area contributed by atoms with Crippen molar-refractivity contribution in [1.29, 1.82) is 0 Å². The van der Waals surface area contributed by atoms with E-state index in [1.165, 1.54) is 17.1 Å². The van der Waals surface area contributed by atoms with Gasteiger partial charge in [0.05, 0.1) is 24.7 Å². The topological polar surface area (TPSA) is 60.9 Å². The predicted octanol–water partition coefficient (Wildman–Crippen LogP) is 2.00. The Bertz CT molecular complexity index is 602. The maximum absolute atomic E-state index is 12.2. The minimum absolute atomic E-state index is 0.0960. The molecule has 106 valence electrons. The molecule has 1 aromatic carbocycles. The van der Waals surface area contributed by atoms with Gasteiger partial charge in [-0.05, 0) is 23.3 Å². The molecule has 0 radical (unpaired) electrons. The Kier molecular flexibility index (Phi) is 3.78. The number of carbonyl (C=O) groups excluding carboxylic acids is 1. The molecule has 1 heterocycles. The SMILES string of the molecule is NC(=O)Cc1ccc(-n2cc(CC(F)(F)F)cn2)cc1. The highest BCUT2D eigenvalue weighted by molar-refractivity contribution is 5.76. The number of primary amides is 1. The van der Waals surface area contributed by atoms with Gasteiger partial charge in [0.15, 0.2) is 0 Å². The molecule has 7 heteroatoms. The Morgan fingerprint density at radius 1 is 1.20 bits per heavy atom. The lowest BCUT2D eigenvalue weighted by molar-refractivity contribution is -0.127. The summed E-state index contributed by atoms with van der Waals surface area (Å²) in [7, 11) is 0. The summed E-state index contributed by atoms with van der Waals surface area (Å²) in [5.41, 5.74) is 6.53. The molecule has 0 aliphatic rings. The summed E-state index contributed by atoms with van der Waals surface area (Å²) in [6, 6.07) is 6.71. The number of rotatable bonds is 4. The first-order valence-electron chi connectivity index (χ1n) is 5.81. The number of benzene rings is 1. The van der Waals surface area contributed by atoms with Gasteiger partial charge in [0.25, 0.3) is 0 Å². The van der Waals surface area contributed by atoms with E-state index >= 15 is 0 Å². The van der Waals surface area contributed by atoms with E-state index in [0.29, 0.717) is 5.69 Å². The number of amides is 1. The maximum atomic E-state index is 12.2. The molecule has 4 nitrogen and oxygen atoms in total. The Morgan fingerprint density at radius 2 is 1.85 bits per heavy atom. The van der Waals surface area contributed by atoms with Gasteiger partial charge in [0.2, 0.25) is 5.91 Å². The second kappa shape index (κ2) is 5.36. The van der Waals surface area contributed by atoms with Gasteiger partial charge < -0.3 is 5.73 Å². The first-order valence-corrected chi connectivity index (χ1v) is 5.81. The van der Waals surface area contributed by atoms with E-state index in [1.807, 2.05) is 0 Å². The summed E-state index contributed by atoms with van der Waals surface area (Å²) < 4.78 is 38.1. The summed E-state index contributed by atoms with van der Waals surface area (Å²) in [5, 5.41) is 3.89. The van der Waals surface area contributed by atoms with Gasteiger partial charge in [-0.25, -0.2) is 4.68 Å². The van der Waals surface area contributed by atoms with Gasteiger partial charge in [-0.2, -0.15) is 18.3 Å². The molecule has 0 aliphatic carbocycles. The zero-order valence-electron chi connectivity index (χ0n) is 10.4. The number of nitrogens with zero attached hydrogens (tertiary/aromatic N) is 2. The van der Waals surface area contributed by atoms with E-state index in [-0.39, 0.29) is 12.0 Å². The molecule has 0 bridgehead atoms. The molecule has 0 aliphatic heterocycles. The average molecular weight is 283 g/mol. The third kappa shape index (κ3) is 3.84. The molecule has 2 rings (SSSR count). The van der Waals surface area contributed by atoms with Crippen LogP contribution in [-0.4, -0.2) is 21.9 Å². The molecular weight excluding hydrogens is 271 g/mol. The van der Waals surface area contributed by atoms with Crippen LogP contribution in [0.4, 0.5) is 13.2 Å². The van der Waals surface area contributed by atoms with Gasteiger partial charge in [-0.1, -0.05) is 12.1 Å². The Labute approximate surface area is 113 Å². The van der Waals surface area contributed by atoms with E-state index < -0.39 is 18.5 Å². The fraction of sp³-hybridized carbons (Fsp3) is 0.231. The van der Waals surface area contributed by atoms with Crippen LogP contribution in [0.25, 0.3) is 5.69 Å². The van der Waals surface area contributed by atoms with Crippen molar-refractivity contribution in [2.45, 2.75) is 19.0 Å². The van der Waals surface area contributed by atoms with E-state index in [1.54, 1.807) is 24.3 Å². The summed E-state index contributed by atoms with van der Waals surface area (Å²) >= 11 is 0. The van der Waals surface area contributed by atoms with Crippen LogP contribution in [0, 0.1) is 0 Å². The van der Waals surface area contributed by atoms with Crippen molar-refractivity contribution >= 4 is 5.91 Å².